The number of rotatable bonds is 1. The molecule has 0 aliphatic heterocycles. The van der Waals surface area contributed by atoms with Crippen LogP contribution in [0.25, 0.3) is 33.5 Å². The first-order chi connectivity index (χ1) is 11.5. The van der Waals surface area contributed by atoms with E-state index in [0.717, 1.165) is 21.2 Å². The molecule has 0 atom stereocenters. The van der Waals surface area contributed by atoms with Gasteiger partial charge in [0.15, 0.2) is 0 Å². The van der Waals surface area contributed by atoms with Gasteiger partial charge in [0.1, 0.15) is 11.5 Å². The standard InChI is InChI=1S/C17H15N5O2/c1-9-10(14-19-12-6-4-5-7-13(12)20-14)8-11-15(18-9)21(2)17(24)22(3)16(11)23/h4-8H,1-3H3,(H,19,20). The lowest BCUT2D eigenvalue weighted by atomic mass is 10.1. The Morgan fingerprint density at radius 3 is 2.54 bits per heavy atom. The minimum Gasteiger partial charge on any atom is -0.338 e. The van der Waals surface area contributed by atoms with Crippen LogP contribution in [0.3, 0.4) is 0 Å². The predicted molar refractivity (Wildman–Crippen MR) is 92.0 cm³/mol. The lowest BCUT2D eigenvalue weighted by Crippen LogP contribution is -2.37. The number of aromatic amines is 1. The normalized spacial score (nSPS) is 11.5. The summed E-state index contributed by atoms with van der Waals surface area (Å²) in [7, 11) is 3.07. The van der Waals surface area contributed by atoms with Crippen molar-refractivity contribution in [1.82, 2.24) is 24.1 Å². The molecule has 0 bridgehead atoms. The van der Waals surface area contributed by atoms with Crippen LogP contribution >= 0.6 is 0 Å². The zero-order valence-corrected chi connectivity index (χ0v) is 13.5. The van der Waals surface area contributed by atoms with E-state index in [2.05, 4.69) is 15.0 Å². The highest BCUT2D eigenvalue weighted by Crippen LogP contribution is 2.24. The third kappa shape index (κ3) is 1.91. The highest BCUT2D eigenvalue weighted by atomic mass is 16.2. The zero-order chi connectivity index (χ0) is 17.0. The second-order valence-corrected chi connectivity index (χ2v) is 5.80. The lowest BCUT2D eigenvalue weighted by molar-refractivity contribution is 0.707. The number of nitrogens with zero attached hydrogens (tertiary/aromatic N) is 4. The van der Waals surface area contributed by atoms with E-state index in [9.17, 15) is 9.59 Å². The molecule has 3 aromatic heterocycles. The molecule has 7 heteroatoms. The topological polar surface area (TPSA) is 85.6 Å². The number of nitrogens with one attached hydrogen (secondary N) is 1. The average molecular weight is 321 g/mol. The third-order valence-electron chi connectivity index (χ3n) is 4.26. The molecule has 0 saturated carbocycles. The Hall–Kier alpha value is -3.22. The van der Waals surface area contributed by atoms with Crippen molar-refractivity contribution in [2.75, 3.05) is 0 Å². The van der Waals surface area contributed by atoms with Crippen LogP contribution in [-0.4, -0.2) is 24.1 Å². The first kappa shape index (κ1) is 14.4. The highest BCUT2D eigenvalue weighted by molar-refractivity contribution is 5.84. The van der Waals surface area contributed by atoms with Crippen molar-refractivity contribution < 1.29 is 0 Å². The molecule has 0 aliphatic carbocycles. The van der Waals surface area contributed by atoms with Crippen LogP contribution in [0.5, 0.6) is 0 Å². The van der Waals surface area contributed by atoms with Crippen molar-refractivity contribution in [3.05, 3.63) is 56.9 Å². The summed E-state index contributed by atoms with van der Waals surface area (Å²) in [4.78, 5) is 36.8. The van der Waals surface area contributed by atoms with Gasteiger partial charge in [-0.25, -0.2) is 14.8 Å². The van der Waals surface area contributed by atoms with Crippen LogP contribution in [-0.2, 0) is 14.1 Å². The van der Waals surface area contributed by atoms with Crippen LogP contribution in [0.1, 0.15) is 5.69 Å². The van der Waals surface area contributed by atoms with Gasteiger partial charge >= 0.3 is 5.69 Å². The summed E-state index contributed by atoms with van der Waals surface area (Å²) in [5, 5.41) is 0.389. The Morgan fingerprint density at radius 1 is 1.04 bits per heavy atom. The minimum absolute atomic E-state index is 0.363. The number of aryl methyl sites for hydroxylation is 2. The summed E-state index contributed by atoms with van der Waals surface area (Å²) in [6, 6.07) is 9.46. The summed E-state index contributed by atoms with van der Waals surface area (Å²) in [6.45, 7) is 1.84. The van der Waals surface area contributed by atoms with Crippen molar-refractivity contribution in [3.63, 3.8) is 0 Å². The second-order valence-electron chi connectivity index (χ2n) is 5.80. The summed E-state index contributed by atoms with van der Waals surface area (Å²) >= 11 is 0. The number of aromatic nitrogens is 5. The van der Waals surface area contributed by atoms with Gasteiger partial charge in [-0.3, -0.25) is 13.9 Å². The maximum Gasteiger partial charge on any atom is 0.332 e. The molecule has 0 aliphatic rings. The van der Waals surface area contributed by atoms with Gasteiger partial charge in [-0.15, -0.1) is 0 Å². The van der Waals surface area contributed by atoms with E-state index in [4.69, 9.17) is 0 Å². The quantitative estimate of drug-likeness (QED) is 0.575. The van der Waals surface area contributed by atoms with Crippen molar-refractivity contribution in [2.45, 2.75) is 6.92 Å². The van der Waals surface area contributed by atoms with E-state index in [1.54, 1.807) is 13.1 Å². The fourth-order valence-corrected chi connectivity index (χ4v) is 2.91. The van der Waals surface area contributed by atoms with Crippen molar-refractivity contribution in [2.24, 2.45) is 14.1 Å². The SMILES string of the molecule is Cc1nc2c(cc1-c1nc3ccccc3[nH]1)c(=O)n(C)c(=O)n2C. The molecule has 24 heavy (non-hydrogen) atoms. The van der Waals surface area contributed by atoms with Crippen LogP contribution in [0.15, 0.2) is 39.9 Å². The van der Waals surface area contributed by atoms with Crippen molar-refractivity contribution in [3.8, 4) is 11.4 Å². The largest absolute Gasteiger partial charge is 0.338 e. The molecule has 4 rings (SSSR count). The molecule has 0 fully saturated rings. The Labute approximate surface area is 136 Å². The fraction of sp³-hybridized carbons (Fsp3) is 0.176. The van der Waals surface area contributed by atoms with Gasteiger partial charge < -0.3 is 4.98 Å². The first-order valence-corrected chi connectivity index (χ1v) is 7.50. The number of benzene rings is 1. The van der Waals surface area contributed by atoms with Crippen LogP contribution in [0.2, 0.25) is 0 Å². The smallest absolute Gasteiger partial charge is 0.332 e. The summed E-state index contributed by atoms with van der Waals surface area (Å²) in [5.41, 5.74) is 2.83. The molecule has 0 amide bonds. The van der Waals surface area contributed by atoms with Gasteiger partial charge in [0, 0.05) is 19.7 Å². The monoisotopic (exact) mass is 321 g/mol. The lowest BCUT2D eigenvalue weighted by Gasteiger charge is -2.09. The van der Waals surface area contributed by atoms with Crippen molar-refractivity contribution >= 4 is 22.1 Å². The number of hydrogen-bond acceptors (Lipinski definition) is 4. The van der Waals surface area contributed by atoms with Gasteiger partial charge in [0.25, 0.3) is 5.56 Å². The maximum atomic E-state index is 12.4. The maximum absolute atomic E-state index is 12.4. The fourth-order valence-electron chi connectivity index (χ4n) is 2.91. The number of H-pyrrole nitrogens is 1. The number of para-hydroxylation sites is 2. The summed E-state index contributed by atoms with van der Waals surface area (Å²) in [6.07, 6.45) is 0. The van der Waals surface area contributed by atoms with E-state index in [0.29, 0.717) is 22.6 Å². The number of fused-ring (bicyclic) bond motifs is 2. The molecular weight excluding hydrogens is 306 g/mol. The molecule has 3 heterocycles. The van der Waals surface area contributed by atoms with Gasteiger partial charge in [0.2, 0.25) is 0 Å². The molecule has 0 saturated heterocycles. The van der Waals surface area contributed by atoms with Crippen LogP contribution in [0, 0.1) is 6.92 Å². The Balaban J connectivity index is 2.08. The first-order valence-electron chi connectivity index (χ1n) is 7.50. The van der Waals surface area contributed by atoms with Gasteiger partial charge in [-0.1, -0.05) is 12.1 Å². The summed E-state index contributed by atoms with van der Waals surface area (Å²) in [5.74, 6) is 0.652. The molecule has 1 aromatic carbocycles. The molecule has 7 nitrogen and oxygen atoms in total. The molecule has 0 unspecified atom stereocenters. The number of hydrogen-bond donors (Lipinski definition) is 1. The Bertz CT molecular complexity index is 1200. The third-order valence-corrected chi connectivity index (χ3v) is 4.26. The number of imidazole rings is 1. The van der Waals surface area contributed by atoms with E-state index < -0.39 is 5.69 Å². The number of pyridine rings is 1. The second kappa shape index (κ2) is 4.89. The van der Waals surface area contributed by atoms with Crippen LogP contribution in [0.4, 0.5) is 0 Å². The predicted octanol–water partition coefficient (Wildman–Crippen LogP) is 1.48. The van der Waals surface area contributed by atoms with Gasteiger partial charge in [0.05, 0.1) is 22.1 Å². The molecule has 4 aromatic rings. The average Bonchev–Trinajstić information content (AvgIpc) is 3.01. The van der Waals surface area contributed by atoms with Crippen LogP contribution < -0.4 is 11.2 Å². The highest BCUT2D eigenvalue weighted by Gasteiger charge is 2.15. The van der Waals surface area contributed by atoms with Gasteiger partial charge in [-0.05, 0) is 25.1 Å². The van der Waals surface area contributed by atoms with E-state index in [-0.39, 0.29) is 5.56 Å². The molecule has 120 valence electrons. The Morgan fingerprint density at radius 2 is 1.79 bits per heavy atom. The van der Waals surface area contributed by atoms with Crippen molar-refractivity contribution in [1.29, 1.82) is 0 Å². The minimum atomic E-state index is -0.393. The van der Waals surface area contributed by atoms with E-state index in [1.807, 2.05) is 31.2 Å². The molecule has 0 radical (unpaired) electrons. The molecule has 1 N–H and O–H groups in total. The van der Waals surface area contributed by atoms with Gasteiger partial charge in [-0.2, -0.15) is 0 Å². The zero-order valence-electron chi connectivity index (χ0n) is 13.5. The summed E-state index contributed by atoms with van der Waals surface area (Å²) < 4.78 is 2.47. The Kier molecular flexibility index (Phi) is 2.93. The van der Waals surface area contributed by atoms with E-state index >= 15 is 0 Å². The van der Waals surface area contributed by atoms with E-state index in [1.165, 1.54) is 11.6 Å². The molecule has 0 spiro atoms. The molecular formula is C17H15N5O2.